The Hall–Kier alpha value is -10.6. The van der Waals surface area contributed by atoms with Crippen LogP contribution in [0.2, 0.25) is 0 Å². The van der Waals surface area contributed by atoms with Crippen molar-refractivity contribution < 1.29 is 9.26 Å². The van der Waals surface area contributed by atoms with Gasteiger partial charge in [0.05, 0.1) is 123 Å². The van der Waals surface area contributed by atoms with Crippen LogP contribution in [0.3, 0.4) is 0 Å². The van der Waals surface area contributed by atoms with Gasteiger partial charge in [0, 0.05) is 158 Å². The molecule has 580 valence electrons. The van der Waals surface area contributed by atoms with Crippen molar-refractivity contribution in [2.75, 3.05) is 102 Å². The molecule has 0 saturated heterocycles. The van der Waals surface area contributed by atoms with Gasteiger partial charge in [-0.2, -0.15) is 40.8 Å². The van der Waals surface area contributed by atoms with Gasteiger partial charge in [-0.1, -0.05) is 51.1 Å². The van der Waals surface area contributed by atoms with Crippen LogP contribution in [0, 0.1) is 13.8 Å². The fourth-order valence-corrected chi connectivity index (χ4v) is 13.3. The van der Waals surface area contributed by atoms with Gasteiger partial charge in [0.25, 0.3) is 0 Å². The molecule has 1 aliphatic carbocycles. The Morgan fingerprint density at radius 2 is 0.927 bits per heavy atom. The number of aromatic nitrogens is 21. The molecule has 0 saturated carbocycles. The Kier molecular flexibility index (Phi) is 32.4. The number of benzene rings is 1. The molecule has 32 heteroatoms. The highest BCUT2D eigenvalue weighted by Crippen LogP contribution is 2.31. The Labute approximate surface area is 641 Å². The molecule has 12 N–H and O–H groups in total. The molecule has 0 spiro atoms. The largest absolute Gasteiger partial charge is 0.467 e. The van der Waals surface area contributed by atoms with E-state index in [2.05, 4.69) is 242 Å². The van der Waals surface area contributed by atoms with Gasteiger partial charge in [-0.25, -0.2) is 15.0 Å². The van der Waals surface area contributed by atoms with Gasteiger partial charge in [0.1, 0.15) is 5.76 Å². The maximum absolute atomic E-state index is 5.59. The third kappa shape index (κ3) is 24.0. The predicted octanol–water partition coefficient (Wildman–Crippen LogP) is 11.0. The number of allylic oxidation sites excluding steroid dienone is 1. The van der Waals surface area contributed by atoms with E-state index in [9.17, 15) is 0 Å². The lowest BCUT2D eigenvalue weighted by Gasteiger charge is -2.15. The van der Waals surface area contributed by atoms with Crippen LogP contribution in [-0.2, 0) is 45.7 Å². The molecule has 1 aliphatic rings. The van der Waals surface area contributed by atoms with E-state index in [-0.39, 0.29) is 0 Å². The van der Waals surface area contributed by atoms with Crippen molar-refractivity contribution in [3.63, 3.8) is 0 Å². The molecule has 109 heavy (non-hydrogen) atoms. The predicted molar refractivity (Wildman–Crippen MR) is 431 cm³/mol. The highest BCUT2D eigenvalue weighted by Gasteiger charge is 2.20. The lowest BCUT2D eigenvalue weighted by molar-refractivity contribution is 0.328. The Balaban J connectivity index is 0.000000151. The van der Waals surface area contributed by atoms with Crippen LogP contribution in [0.25, 0.3) is 84.0 Å². The van der Waals surface area contributed by atoms with E-state index in [0.717, 1.165) is 207 Å². The van der Waals surface area contributed by atoms with Gasteiger partial charge in [-0.15, -0.1) is 11.3 Å². The monoisotopic (exact) mass is 1500 g/mol. The summed E-state index contributed by atoms with van der Waals surface area (Å²) in [5, 5.41) is 60.7. The van der Waals surface area contributed by atoms with E-state index in [1.165, 1.54) is 38.1 Å². The summed E-state index contributed by atoms with van der Waals surface area (Å²) in [4.78, 5) is 30.6. The Bertz CT molecular complexity index is 4610. The minimum absolute atomic E-state index is 0.368. The third-order valence-electron chi connectivity index (χ3n) is 17.9. The first-order valence-corrected chi connectivity index (χ1v) is 37.9. The van der Waals surface area contributed by atoms with Gasteiger partial charge in [0.15, 0.2) is 0 Å². The minimum Gasteiger partial charge on any atom is -0.467 e. The van der Waals surface area contributed by atoms with Crippen molar-refractivity contribution in [1.29, 1.82) is 0 Å². The smallest absolute Gasteiger partial charge is 0.316 e. The number of aromatic amines is 8. The molecule has 0 bridgehead atoms. The maximum atomic E-state index is 5.59. The number of nitrogens with two attached hydrogens (primary N) is 2. The number of aryl methyl sites for hydroxylation is 2. The first-order valence-electron chi connectivity index (χ1n) is 37.0. The molecule has 0 amide bonds. The molecular weight excluding hydrogens is 1400 g/mol. The average molecular weight is 1500 g/mol. The summed E-state index contributed by atoms with van der Waals surface area (Å²) in [7, 11) is 14.1. The number of hydrogen-bond donors (Lipinski definition) is 10. The highest BCUT2D eigenvalue weighted by molar-refractivity contribution is 7.16. The Morgan fingerprint density at radius 3 is 1.39 bits per heavy atom. The summed E-state index contributed by atoms with van der Waals surface area (Å²) < 4.78 is 11.4. The minimum atomic E-state index is 0.368. The lowest BCUT2D eigenvalue weighted by atomic mass is 10.1. The van der Waals surface area contributed by atoms with Gasteiger partial charge < -0.3 is 50.1 Å². The van der Waals surface area contributed by atoms with E-state index in [1.807, 2.05) is 75.0 Å². The number of rotatable bonds is 31. The van der Waals surface area contributed by atoms with E-state index in [0.29, 0.717) is 19.1 Å². The molecule has 12 aromatic heterocycles. The zero-order chi connectivity index (χ0) is 77.4. The quantitative estimate of drug-likeness (QED) is 0.0193. The molecule has 31 nitrogen and oxygen atoms in total. The molecule has 0 atom stereocenters. The number of pyridine rings is 1. The van der Waals surface area contributed by atoms with Crippen LogP contribution in [-0.4, -0.2) is 238 Å². The summed E-state index contributed by atoms with van der Waals surface area (Å²) in [5.74, 6) is 0.830. The molecule has 13 aromatic rings. The zero-order valence-electron chi connectivity index (χ0n) is 65.4. The van der Waals surface area contributed by atoms with E-state index in [1.54, 1.807) is 43.2 Å². The van der Waals surface area contributed by atoms with Gasteiger partial charge >= 0.3 is 6.01 Å². The second kappa shape index (κ2) is 42.9. The van der Waals surface area contributed by atoms with Crippen LogP contribution in [0.5, 0.6) is 6.01 Å². The van der Waals surface area contributed by atoms with Crippen LogP contribution in [0.1, 0.15) is 109 Å². The first-order chi connectivity index (χ1) is 53.0. The number of likely N-dealkylation sites (N-methyl/N-ethyl adjacent to an activating group) is 2. The van der Waals surface area contributed by atoms with Crippen LogP contribution in [0.15, 0.2) is 121 Å². The maximum Gasteiger partial charge on any atom is 0.316 e. The summed E-state index contributed by atoms with van der Waals surface area (Å²) in [5.41, 5.74) is 36.8. The van der Waals surface area contributed by atoms with Crippen molar-refractivity contribution in [3.8, 4) is 73.7 Å². The summed E-state index contributed by atoms with van der Waals surface area (Å²) in [6.07, 6.45) is 31.9. The summed E-state index contributed by atoms with van der Waals surface area (Å²) >= 11 is 1.66. The number of fused-ring (bicyclic) bond motifs is 2. The number of methoxy groups -OCH3 is 1. The first kappa shape index (κ1) is 82.5. The van der Waals surface area contributed by atoms with E-state index < -0.39 is 0 Å². The molecule has 14 rings (SSSR count). The van der Waals surface area contributed by atoms with Gasteiger partial charge in [-0.05, 0) is 138 Å². The molecule has 0 aliphatic heterocycles. The molecular formula is C77H109N29O2S. The summed E-state index contributed by atoms with van der Waals surface area (Å²) in [6.45, 7) is 25.2. The fourth-order valence-electron chi connectivity index (χ4n) is 12.7. The lowest BCUT2D eigenvalue weighted by Crippen LogP contribution is -2.25. The molecule has 0 fully saturated rings. The summed E-state index contributed by atoms with van der Waals surface area (Å²) in [6, 6.07) is 10.8. The van der Waals surface area contributed by atoms with Crippen LogP contribution < -0.4 is 16.2 Å². The van der Waals surface area contributed by atoms with Crippen molar-refractivity contribution in [1.82, 2.24) is 136 Å². The number of thiazole rings is 1. The number of nitrogens with one attached hydrogen (secondary N) is 8. The van der Waals surface area contributed by atoms with E-state index in [4.69, 9.17) is 20.7 Å². The standard InChI is InChI=1S/C15H19N5.C14H17N5S.C13H19N5O.C13H20N4O.2C11H17N5/c1-20(6-5-16)10-13-9-18-19-15(13)12-7-11-3-2-4-14(11)17-8-12;1-19(5-4-15)8-11-7-17-18-14(11)10-2-3-13-12(6-10)16-9-20-13;1-4-5-18(2)9-11-8-16-17-12(11)10-6-14-13(19-3)15-7-10;1-5-6-17(4)8-11-7-14-15-13(11)12-9(2)16-18-10(12)3;1-3-6-16(2)8-9-7-13-15-11(9)10-4-5-12-14-10;1-3-4-16(2)8-10-7-14-15-11(10)9-5-12-13-6-9/h2-3,7-9H,4-6,10,16H2,1H3,(H,18,19);2-3,6-7,9H,4-5,8,15H2,1H3,(H,17,18);6-8H,4-5,9H2,1-3H3,(H,16,17);7H,5-6,8H2,1-4H3,(H,14,15);4-5,7H,3,6,8H2,1-2H3,(H,12,14)(H,13,15);5-7H,3-4,8H2,1-2H3,(H,12,13)(H,14,15). The van der Waals surface area contributed by atoms with Crippen molar-refractivity contribution in [3.05, 3.63) is 172 Å². The second-order valence-corrected chi connectivity index (χ2v) is 28.0. The van der Waals surface area contributed by atoms with Crippen LogP contribution in [0.4, 0.5) is 0 Å². The van der Waals surface area contributed by atoms with Crippen molar-refractivity contribution in [2.45, 2.75) is 113 Å². The normalized spacial score (nSPS) is 11.6. The fraction of sp³-hybridized carbons (Fsp3) is 0.416. The molecule has 0 radical (unpaired) electrons. The highest BCUT2D eigenvalue weighted by atomic mass is 32.1. The number of hydrogen-bond acceptors (Lipinski definition) is 24. The van der Waals surface area contributed by atoms with Crippen LogP contribution >= 0.6 is 11.3 Å². The second-order valence-electron chi connectivity index (χ2n) is 27.1. The molecule has 12 heterocycles. The topological polar surface area (TPSA) is 388 Å². The molecule has 0 unspecified atom stereocenters. The number of H-pyrrole nitrogens is 8. The average Bonchev–Trinajstić information content (AvgIpc) is 1.66. The Morgan fingerprint density at radius 1 is 0.468 bits per heavy atom. The van der Waals surface area contributed by atoms with Crippen molar-refractivity contribution >= 4 is 27.6 Å². The van der Waals surface area contributed by atoms with E-state index >= 15 is 0 Å². The van der Waals surface area contributed by atoms with Gasteiger partial charge in [0.2, 0.25) is 0 Å². The van der Waals surface area contributed by atoms with Crippen molar-refractivity contribution in [2.24, 2.45) is 11.5 Å². The third-order valence-corrected chi connectivity index (χ3v) is 18.7. The SMILES string of the molecule is CCCN(C)Cc1cn[nH]c1-c1c(C)noc1C.CCCN(C)Cc1cn[nH]c1-c1ccn[nH]1.CCCN(C)Cc1cn[nH]c1-c1cn[nH]c1.CCCN(C)Cc1cn[nH]c1-c1cnc(OC)nc1.CN(CCN)Cc1cn[nH]c1-c1ccc2scnc2c1.CN(CCN)Cc1cn[nH]c1-c1cnc2c(c1)C=CC2. The zero-order valence-corrected chi connectivity index (χ0v) is 66.2. The number of nitrogens with zero attached hydrogens (tertiary/aromatic N) is 19. The number of ether oxygens (including phenoxy) is 1. The van der Waals surface area contributed by atoms with Gasteiger partial charge in [-0.3, -0.25) is 45.8 Å². The molecule has 1 aromatic carbocycles.